The van der Waals surface area contributed by atoms with Crippen LogP contribution in [0, 0.1) is 11.7 Å². The smallest absolute Gasteiger partial charge is 0.137 e. The van der Waals surface area contributed by atoms with Gasteiger partial charge < -0.3 is 5.32 Å². The van der Waals surface area contributed by atoms with E-state index in [4.69, 9.17) is 11.6 Å². The monoisotopic (exact) mass is 323 g/mol. The Labute approximate surface area is 134 Å². The van der Waals surface area contributed by atoms with Gasteiger partial charge in [0.25, 0.3) is 0 Å². The summed E-state index contributed by atoms with van der Waals surface area (Å²) in [5.41, 5.74) is 1.02. The van der Waals surface area contributed by atoms with E-state index in [0.717, 1.165) is 17.0 Å². The molecule has 0 heterocycles. The predicted octanol–water partition coefficient (Wildman–Crippen LogP) is 5.38. The number of benzene rings is 2. The summed E-state index contributed by atoms with van der Waals surface area (Å²) in [4.78, 5) is 1.61. The number of rotatable bonds is 6. The van der Waals surface area contributed by atoms with Crippen LogP contribution in [0.25, 0.3) is 0 Å². The minimum Gasteiger partial charge on any atom is -0.312 e. The minimum absolute atomic E-state index is 0.205. The van der Waals surface area contributed by atoms with Crippen molar-refractivity contribution in [2.45, 2.75) is 30.2 Å². The third-order valence-corrected chi connectivity index (χ3v) is 4.49. The van der Waals surface area contributed by atoms with Gasteiger partial charge in [-0.05, 0) is 42.3 Å². The van der Waals surface area contributed by atoms with Crippen LogP contribution < -0.4 is 5.32 Å². The molecular weight excluding hydrogens is 305 g/mol. The predicted molar refractivity (Wildman–Crippen MR) is 88.5 cm³/mol. The molecule has 0 unspecified atom stereocenters. The molecule has 112 valence electrons. The second-order valence-corrected chi connectivity index (χ2v) is 6.76. The van der Waals surface area contributed by atoms with E-state index in [2.05, 4.69) is 19.2 Å². The van der Waals surface area contributed by atoms with Gasteiger partial charge in [-0.1, -0.05) is 55.4 Å². The van der Waals surface area contributed by atoms with Gasteiger partial charge in [0.1, 0.15) is 5.82 Å². The number of halogens is 2. The van der Waals surface area contributed by atoms with Crippen LogP contribution in [-0.4, -0.2) is 6.54 Å². The first-order valence-electron chi connectivity index (χ1n) is 6.98. The summed E-state index contributed by atoms with van der Waals surface area (Å²) < 4.78 is 13.8. The van der Waals surface area contributed by atoms with Gasteiger partial charge in [-0.25, -0.2) is 4.39 Å². The van der Waals surface area contributed by atoms with E-state index in [1.807, 2.05) is 24.3 Å². The van der Waals surface area contributed by atoms with Gasteiger partial charge in [0.05, 0.1) is 0 Å². The molecule has 0 aliphatic carbocycles. The molecule has 0 aliphatic rings. The Balaban J connectivity index is 2.19. The summed E-state index contributed by atoms with van der Waals surface area (Å²) in [6.07, 6.45) is 0. The maximum atomic E-state index is 13.8. The molecule has 1 N–H and O–H groups in total. The Morgan fingerprint density at radius 2 is 1.81 bits per heavy atom. The van der Waals surface area contributed by atoms with E-state index in [1.165, 1.54) is 17.8 Å². The van der Waals surface area contributed by atoms with Crippen LogP contribution in [-0.2, 0) is 6.54 Å². The summed E-state index contributed by atoms with van der Waals surface area (Å²) in [6, 6.07) is 12.6. The quantitative estimate of drug-likeness (QED) is 0.766. The van der Waals surface area contributed by atoms with Crippen LogP contribution in [0.3, 0.4) is 0 Å². The molecule has 0 spiro atoms. The maximum Gasteiger partial charge on any atom is 0.137 e. The third-order valence-electron chi connectivity index (χ3n) is 2.99. The third kappa shape index (κ3) is 4.73. The highest BCUT2D eigenvalue weighted by Gasteiger charge is 2.10. The summed E-state index contributed by atoms with van der Waals surface area (Å²) in [5.74, 6) is 0.374. The first kappa shape index (κ1) is 16.3. The lowest BCUT2D eigenvalue weighted by atomic mass is 10.2. The minimum atomic E-state index is -0.205. The highest BCUT2D eigenvalue weighted by molar-refractivity contribution is 7.99. The fourth-order valence-electron chi connectivity index (χ4n) is 1.94. The molecule has 0 aliphatic heterocycles. The molecule has 21 heavy (non-hydrogen) atoms. The first-order valence-corrected chi connectivity index (χ1v) is 8.18. The Bertz CT molecular complexity index is 601. The molecule has 0 saturated carbocycles. The first-order chi connectivity index (χ1) is 10.1. The van der Waals surface area contributed by atoms with Gasteiger partial charge in [-0.3, -0.25) is 0 Å². The summed E-state index contributed by atoms with van der Waals surface area (Å²) >= 11 is 7.72. The molecule has 0 amide bonds. The van der Waals surface area contributed by atoms with Gasteiger partial charge in [0.15, 0.2) is 0 Å². The lowest BCUT2D eigenvalue weighted by Gasteiger charge is -2.13. The summed E-state index contributed by atoms with van der Waals surface area (Å²) in [5, 5.41) is 4.11. The standard InChI is InChI=1S/C17H19ClFNS/c1-12(2)10-20-11-13-14(18)6-5-9-16(13)21-17-8-4-3-7-15(17)19/h3-9,12,20H,10-11H2,1-2H3. The van der Waals surface area contributed by atoms with Crippen molar-refractivity contribution in [2.24, 2.45) is 5.92 Å². The van der Waals surface area contributed by atoms with Crippen molar-refractivity contribution >= 4 is 23.4 Å². The van der Waals surface area contributed by atoms with Crippen LogP contribution in [0.2, 0.25) is 5.02 Å². The Morgan fingerprint density at radius 1 is 1.10 bits per heavy atom. The lowest BCUT2D eigenvalue weighted by Crippen LogP contribution is -2.19. The second-order valence-electron chi connectivity index (χ2n) is 5.27. The van der Waals surface area contributed by atoms with Gasteiger partial charge in [0.2, 0.25) is 0 Å². The SMILES string of the molecule is CC(C)CNCc1c(Cl)cccc1Sc1ccccc1F. The number of nitrogens with one attached hydrogen (secondary N) is 1. The van der Waals surface area contributed by atoms with E-state index in [1.54, 1.807) is 12.1 Å². The van der Waals surface area contributed by atoms with E-state index >= 15 is 0 Å². The highest BCUT2D eigenvalue weighted by Crippen LogP contribution is 2.34. The zero-order valence-electron chi connectivity index (χ0n) is 12.2. The molecule has 0 bridgehead atoms. The largest absolute Gasteiger partial charge is 0.312 e. The van der Waals surface area contributed by atoms with E-state index in [9.17, 15) is 4.39 Å². The number of hydrogen-bond acceptors (Lipinski definition) is 2. The van der Waals surface area contributed by atoms with Crippen molar-refractivity contribution in [1.82, 2.24) is 5.32 Å². The molecule has 2 rings (SSSR count). The van der Waals surface area contributed by atoms with Gasteiger partial charge in [-0.2, -0.15) is 0 Å². The summed E-state index contributed by atoms with van der Waals surface area (Å²) in [7, 11) is 0. The fraction of sp³-hybridized carbons (Fsp3) is 0.294. The lowest BCUT2D eigenvalue weighted by molar-refractivity contribution is 0.550. The maximum absolute atomic E-state index is 13.8. The normalized spacial score (nSPS) is 11.1. The van der Waals surface area contributed by atoms with Crippen LogP contribution in [0.4, 0.5) is 4.39 Å². The van der Waals surface area contributed by atoms with E-state index < -0.39 is 0 Å². The van der Waals surface area contributed by atoms with Crippen LogP contribution in [0.5, 0.6) is 0 Å². The second kappa shape index (κ2) is 7.83. The van der Waals surface area contributed by atoms with Gasteiger partial charge in [-0.15, -0.1) is 0 Å². The van der Waals surface area contributed by atoms with E-state index in [0.29, 0.717) is 22.4 Å². The molecule has 4 heteroatoms. The van der Waals surface area contributed by atoms with Crippen LogP contribution in [0.15, 0.2) is 52.3 Å². The number of hydrogen-bond donors (Lipinski definition) is 1. The Kier molecular flexibility index (Phi) is 6.09. The average molecular weight is 324 g/mol. The van der Waals surface area contributed by atoms with Gasteiger partial charge >= 0.3 is 0 Å². The highest BCUT2D eigenvalue weighted by atomic mass is 35.5. The topological polar surface area (TPSA) is 12.0 Å². The molecule has 2 aromatic carbocycles. The van der Waals surface area contributed by atoms with Gasteiger partial charge in [0, 0.05) is 21.4 Å². The molecule has 0 fully saturated rings. The molecule has 0 atom stereocenters. The van der Waals surface area contributed by atoms with Crippen molar-refractivity contribution in [3.63, 3.8) is 0 Å². The van der Waals surface area contributed by atoms with Crippen molar-refractivity contribution in [1.29, 1.82) is 0 Å². The zero-order valence-corrected chi connectivity index (χ0v) is 13.8. The molecule has 2 aromatic rings. The van der Waals surface area contributed by atoms with Crippen molar-refractivity contribution in [2.75, 3.05) is 6.54 Å². The summed E-state index contributed by atoms with van der Waals surface area (Å²) in [6.45, 7) is 5.94. The zero-order chi connectivity index (χ0) is 15.2. The Hall–Kier alpha value is -1.03. The molecule has 0 aromatic heterocycles. The van der Waals surface area contributed by atoms with Crippen molar-refractivity contribution in [3.05, 3.63) is 58.9 Å². The average Bonchev–Trinajstić information content (AvgIpc) is 2.44. The van der Waals surface area contributed by atoms with Crippen LogP contribution >= 0.6 is 23.4 Å². The molecule has 1 nitrogen and oxygen atoms in total. The van der Waals surface area contributed by atoms with Crippen molar-refractivity contribution in [3.8, 4) is 0 Å². The van der Waals surface area contributed by atoms with Crippen LogP contribution in [0.1, 0.15) is 19.4 Å². The molecule has 0 saturated heterocycles. The van der Waals surface area contributed by atoms with Crippen molar-refractivity contribution < 1.29 is 4.39 Å². The van der Waals surface area contributed by atoms with E-state index in [-0.39, 0.29) is 5.82 Å². The Morgan fingerprint density at radius 3 is 2.52 bits per heavy atom. The molecular formula is C17H19ClFNS. The molecule has 0 radical (unpaired) electrons. The fourth-order valence-corrected chi connectivity index (χ4v) is 3.24.